The zero-order chi connectivity index (χ0) is 10.6. The molecule has 1 aromatic carbocycles. The molecule has 1 rings (SSSR count). The van der Waals surface area contributed by atoms with Crippen LogP contribution in [0.2, 0.25) is 0 Å². The van der Waals surface area contributed by atoms with Crippen LogP contribution in [0.1, 0.15) is 24.2 Å². The predicted octanol–water partition coefficient (Wildman–Crippen LogP) is 2.60. The first-order valence-corrected chi connectivity index (χ1v) is 4.39. The Morgan fingerprint density at radius 2 is 2.00 bits per heavy atom. The van der Waals surface area contributed by atoms with Crippen LogP contribution in [0.5, 0.6) is 0 Å². The van der Waals surface area contributed by atoms with Crippen LogP contribution in [0.3, 0.4) is 0 Å². The summed E-state index contributed by atoms with van der Waals surface area (Å²) in [6, 6.07) is 5.27. The number of carbonyl (C=O) groups excluding carboxylic acids is 1. The van der Waals surface area contributed by atoms with E-state index < -0.39 is 5.97 Å². The molecule has 0 fully saturated rings. The van der Waals surface area contributed by atoms with Gasteiger partial charge in [-0.15, -0.1) is 0 Å². The molecule has 0 saturated heterocycles. The van der Waals surface area contributed by atoms with E-state index in [0.29, 0.717) is 5.56 Å². The van der Waals surface area contributed by atoms with Gasteiger partial charge in [-0.2, -0.15) is 0 Å². The van der Waals surface area contributed by atoms with Gasteiger partial charge in [0.05, 0.1) is 5.56 Å². The smallest absolute Gasteiger partial charge is 0.338 e. The lowest BCUT2D eigenvalue weighted by molar-refractivity contribution is 0.0400. The summed E-state index contributed by atoms with van der Waals surface area (Å²) in [6.45, 7) is 3.57. The van der Waals surface area contributed by atoms with E-state index in [9.17, 15) is 9.18 Å². The van der Waals surface area contributed by atoms with Gasteiger partial charge >= 0.3 is 5.97 Å². The van der Waals surface area contributed by atoms with Gasteiger partial charge < -0.3 is 4.74 Å². The molecule has 1 aromatic rings. The molecule has 0 aromatic heterocycles. The maximum atomic E-state index is 12.5. The van der Waals surface area contributed by atoms with E-state index in [-0.39, 0.29) is 11.9 Å². The highest BCUT2D eigenvalue weighted by Gasteiger charge is 2.10. The molecular weight excluding hydrogens is 183 g/mol. The first kappa shape index (κ1) is 10.7. The summed E-state index contributed by atoms with van der Waals surface area (Å²) in [5.41, 5.74) is 0.361. The van der Waals surface area contributed by atoms with Gasteiger partial charge in [0.1, 0.15) is 11.9 Å². The van der Waals surface area contributed by atoms with Gasteiger partial charge in [0.25, 0.3) is 0 Å². The lowest BCUT2D eigenvalue weighted by atomic mass is 10.2. The minimum Gasteiger partial charge on any atom is -0.459 e. The predicted molar refractivity (Wildman–Crippen MR) is 51.3 cm³/mol. The van der Waals surface area contributed by atoms with E-state index >= 15 is 0 Å². The number of halogens is 1. The van der Waals surface area contributed by atoms with Gasteiger partial charge in [-0.1, -0.05) is 6.92 Å². The first-order chi connectivity index (χ1) is 6.63. The second kappa shape index (κ2) is 4.74. The molecule has 0 aliphatic heterocycles. The van der Waals surface area contributed by atoms with Crippen molar-refractivity contribution in [1.82, 2.24) is 0 Å². The zero-order valence-electron chi connectivity index (χ0n) is 8.16. The summed E-state index contributed by atoms with van der Waals surface area (Å²) in [5, 5.41) is 0. The number of esters is 1. The molecule has 0 spiro atoms. The van der Waals surface area contributed by atoms with Gasteiger partial charge in [-0.05, 0) is 37.6 Å². The van der Waals surface area contributed by atoms with Gasteiger partial charge in [0, 0.05) is 0 Å². The molecule has 3 heteroatoms. The molecule has 0 bridgehead atoms. The van der Waals surface area contributed by atoms with Crippen molar-refractivity contribution in [2.75, 3.05) is 0 Å². The number of ether oxygens (including phenoxy) is 1. The van der Waals surface area contributed by atoms with Crippen molar-refractivity contribution in [3.8, 4) is 0 Å². The van der Waals surface area contributed by atoms with Crippen LogP contribution in [0, 0.1) is 12.2 Å². The van der Waals surface area contributed by atoms with Crippen molar-refractivity contribution in [3.63, 3.8) is 0 Å². The van der Waals surface area contributed by atoms with Gasteiger partial charge in [0.2, 0.25) is 0 Å². The van der Waals surface area contributed by atoms with E-state index in [2.05, 4.69) is 0 Å². The molecule has 14 heavy (non-hydrogen) atoms. The van der Waals surface area contributed by atoms with Crippen LogP contribution >= 0.6 is 0 Å². The van der Waals surface area contributed by atoms with Crippen molar-refractivity contribution in [2.24, 2.45) is 0 Å². The van der Waals surface area contributed by atoms with Crippen molar-refractivity contribution in [1.29, 1.82) is 0 Å². The van der Waals surface area contributed by atoms with Crippen LogP contribution in [-0.2, 0) is 4.74 Å². The molecule has 1 unspecified atom stereocenters. The fraction of sp³-hybridized carbons (Fsp3) is 0.273. The van der Waals surface area contributed by atoms with E-state index in [0.717, 1.165) is 0 Å². The number of benzene rings is 1. The minimum absolute atomic E-state index is 0.229. The topological polar surface area (TPSA) is 26.3 Å². The zero-order valence-corrected chi connectivity index (χ0v) is 8.16. The number of carbonyl (C=O) groups is 1. The van der Waals surface area contributed by atoms with Gasteiger partial charge in [0.15, 0.2) is 0 Å². The second-order valence-electron chi connectivity index (χ2n) is 2.95. The molecule has 0 aliphatic rings. The first-order valence-electron chi connectivity index (χ1n) is 4.39. The maximum absolute atomic E-state index is 12.5. The molecule has 0 saturated carbocycles. The van der Waals surface area contributed by atoms with Crippen LogP contribution in [0.15, 0.2) is 24.3 Å². The Morgan fingerprint density at radius 1 is 1.43 bits per heavy atom. The number of hydrogen-bond donors (Lipinski definition) is 0. The lowest BCUT2D eigenvalue weighted by Crippen LogP contribution is -2.14. The Hall–Kier alpha value is -1.38. The van der Waals surface area contributed by atoms with Crippen molar-refractivity contribution >= 4 is 5.97 Å². The third kappa shape index (κ3) is 2.83. The quantitative estimate of drug-likeness (QED) is 0.693. The van der Waals surface area contributed by atoms with Crippen molar-refractivity contribution in [2.45, 2.75) is 20.0 Å². The van der Waals surface area contributed by atoms with Crippen LogP contribution in [0.25, 0.3) is 0 Å². The summed E-state index contributed by atoms with van der Waals surface area (Å²) in [6.07, 6.45) is 1.54. The molecule has 1 radical (unpaired) electrons. The Bertz CT molecular complexity index is 306. The lowest BCUT2D eigenvalue weighted by Gasteiger charge is -2.10. The van der Waals surface area contributed by atoms with Crippen LogP contribution in [-0.4, -0.2) is 12.1 Å². The Kier molecular flexibility index (Phi) is 3.63. The molecule has 0 heterocycles. The molecule has 0 amide bonds. The normalized spacial score (nSPS) is 12.2. The van der Waals surface area contributed by atoms with E-state index in [1.54, 1.807) is 13.3 Å². The summed E-state index contributed by atoms with van der Waals surface area (Å²) in [7, 11) is 0. The minimum atomic E-state index is -0.435. The highest BCUT2D eigenvalue weighted by Crippen LogP contribution is 2.06. The van der Waals surface area contributed by atoms with Crippen molar-refractivity contribution < 1.29 is 13.9 Å². The van der Waals surface area contributed by atoms with Crippen LogP contribution < -0.4 is 0 Å². The molecule has 2 nitrogen and oxygen atoms in total. The molecular formula is C11H12FO2. The van der Waals surface area contributed by atoms with E-state index in [4.69, 9.17) is 4.74 Å². The average Bonchev–Trinajstić information content (AvgIpc) is 2.18. The van der Waals surface area contributed by atoms with E-state index in [1.165, 1.54) is 24.3 Å². The number of hydrogen-bond acceptors (Lipinski definition) is 2. The Morgan fingerprint density at radius 3 is 2.50 bits per heavy atom. The third-order valence-corrected chi connectivity index (χ3v) is 1.84. The summed E-state index contributed by atoms with van der Waals surface area (Å²) in [5.74, 6) is -0.799. The fourth-order valence-corrected chi connectivity index (χ4v) is 0.891. The summed E-state index contributed by atoms with van der Waals surface area (Å²) >= 11 is 0. The number of rotatable bonds is 3. The molecule has 0 N–H and O–H groups in total. The Balaban J connectivity index is 2.65. The molecule has 0 aliphatic carbocycles. The second-order valence-corrected chi connectivity index (χ2v) is 2.95. The summed E-state index contributed by atoms with van der Waals surface area (Å²) < 4.78 is 17.5. The summed E-state index contributed by atoms with van der Waals surface area (Å²) in [4.78, 5) is 11.4. The SMILES string of the molecule is C[CH]C(C)OC(=O)c1ccc(F)cc1. The van der Waals surface area contributed by atoms with Gasteiger partial charge in [-0.3, -0.25) is 0 Å². The largest absolute Gasteiger partial charge is 0.459 e. The third-order valence-electron chi connectivity index (χ3n) is 1.84. The Labute approximate surface area is 82.7 Å². The van der Waals surface area contributed by atoms with Crippen molar-refractivity contribution in [3.05, 3.63) is 42.1 Å². The molecule has 1 atom stereocenters. The molecule has 75 valence electrons. The standard InChI is InChI=1S/C11H12FO2/c1-3-8(2)14-11(13)9-4-6-10(12)7-5-9/h3-8H,1-2H3. The average molecular weight is 195 g/mol. The highest BCUT2D eigenvalue weighted by atomic mass is 19.1. The van der Waals surface area contributed by atoms with Gasteiger partial charge in [-0.25, -0.2) is 9.18 Å². The monoisotopic (exact) mass is 195 g/mol. The fourth-order valence-electron chi connectivity index (χ4n) is 0.891. The van der Waals surface area contributed by atoms with E-state index in [1.807, 2.05) is 6.92 Å². The highest BCUT2D eigenvalue weighted by molar-refractivity contribution is 5.89. The maximum Gasteiger partial charge on any atom is 0.338 e. The van der Waals surface area contributed by atoms with Crippen LogP contribution in [0.4, 0.5) is 4.39 Å².